The number of hydrogen-bond donors (Lipinski definition) is 0. The number of ether oxygens (including phenoxy) is 2. The molecular weight excluding hydrogens is 308 g/mol. The molecule has 0 aliphatic rings. The van der Waals surface area contributed by atoms with Crippen molar-refractivity contribution in [3.63, 3.8) is 0 Å². The van der Waals surface area contributed by atoms with Crippen molar-refractivity contribution in [2.45, 2.75) is 78.7 Å². The molecule has 0 aromatic heterocycles. The maximum Gasteiger partial charge on any atom is 0.338 e. The van der Waals surface area contributed by atoms with Crippen LogP contribution in [-0.4, -0.2) is 34.0 Å². The molecule has 0 bridgehead atoms. The molecule has 136 valence electrons. The lowest BCUT2D eigenvalue weighted by molar-refractivity contribution is 0.132. The van der Waals surface area contributed by atoms with Crippen molar-refractivity contribution in [3.05, 3.63) is 24.7 Å². The van der Waals surface area contributed by atoms with Crippen LogP contribution in [0.1, 0.15) is 54.4 Å². The number of allylic oxidation sites excluding steroid dienone is 2. The molecule has 0 saturated carbocycles. The molecule has 0 fully saturated rings. The van der Waals surface area contributed by atoms with Crippen molar-refractivity contribution in [3.8, 4) is 0 Å². The second-order valence-electron chi connectivity index (χ2n) is 5.69. The first-order valence-electron chi connectivity index (χ1n) is 8.84. The van der Waals surface area contributed by atoms with Crippen LogP contribution in [0, 0.1) is 0 Å². The first kappa shape index (κ1) is 22.2. The van der Waals surface area contributed by atoms with E-state index >= 15 is 0 Å². The summed E-state index contributed by atoms with van der Waals surface area (Å²) in [4.78, 5) is 0. The quantitative estimate of drug-likeness (QED) is 0.322. The van der Waals surface area contributed by atoms with Gasteiger partial charge >= 0.3 is 8.56 Å². The van der Waals surface area contributed by atoms with E-state index < -0.39 is 8.56 Å². The van der Waals surface area contributed by atoms with Gasteiger partial charge in [0.25, 0.3) is 0 Å². The monoisotopic (exact) mass is 344 g/mol. The van der Waals surface area contributed by atoms with E-state index in [1.165, 1.54) is 0 Å². The minimum atomic E-state index is -2.21. The summed E-state index contributed by atoms with van der Waals surface area (Å²) in [7, 11) is -2.21. The van der Waals surface area contributed by atoms with Gasteiger partial charge in [0.15, 0.2) is 0 Å². The predicted octanol–water partition coefficient (Wildman–Crippen LogP) is 5.16. The van der Waals surface area contributed by atoms with E-state index in [0.29, 0.717) is 13.2 Å². The van der Waals surface area contributed by atoms with Crippen molar-refractivity contribution in [2.24, 2.45) is 0 Å². The van der Waals surface area contributed by atoms with Gasteiger partial charge < -0.3 is 18.3 Å². The van der Waals surface area contributed by atoms with Gasteiger partial charge in [-0.05, 0) is 66.5 Å². The Labute approximate surface area is 144 Å². The summed E-state index contributed by atoms with van der Waals surface area (Å²) in [5.74, 6) is 0. The largest absolute Gasteiger partial charge is 0.499 e. The van der Waals surface area contributed by atoms with Gasteiger partial charge in [-0.3, -0.25) is 0 Å². The second kappa shape index (κ2) is 13.6. The van der Waals surface area contributed by atoms with Crippen molar-refractivity contribution >= 4 is 8.56 Å². The summed E-state index contributed by atoms with van der Waals surface area (Å²) in [5, 5.41) is 0. The lowest BCUT2D eigenvalue weighted by Crippen LogP contribution is -2.43. The first-order chi connectivity index (χ1) is 11.0. The Kier molecular flexibility index (Phi) is 13.2. The Balaban J connectivity index is 4.65. The Morgan fingerprint density at radius 3 is 1.48 bits per heavy atom. The lowest BCUT2D eigenvalue weighted by Gasteiger charge is -2.31. The molecular formula is C18H36O4Si. The van der Waals surface area contributed by atoms with Crippen molar-refractivity contribution in [2.75, 3.05) is 13.2 Å². The minimum absolute atomic E-state index is 0.177. The highest BCUT2D eigenvalue weighted by molar-refractivity contribution is 6.67. The minimum Gasteiger partial charge on any atom is -0.499 e. The Hall–Kier alpha value is -0.783. The summed E-state index contributed by atoms with van der Waals surface area (Å²) in [6.45, 7) is 13.6. The summed E-state index contributed by atoms with van der Waals surface area (Å²) in [6, 6.07) is 1.90. The zero-order chi connectivity index (χ0) is 17.6. The third-order valence-corrected chi connectivity index (χ3v) is 7.30. The van der Waals surface area contributed by atoms with E-state index in [4.69, 9.17) is 18.3 Å². The summed E-state index contributed by atoms with van der Waals surface area (Å²) < 4.78 is 23.5. The molecule has 0 N–H and O–H groups in total. The van der Waals surface area contributed by atoms with Crippen LogP contribution in [0.3, 0.4) is 0 Å². The fourth-order valence-electron chi connectivity index (χ4n) is 2.39. The highest BCUT2D eigenvalue weighted by Crippen LogP contribution is 2.26. The zero-order valence-electron chi connectivity index (χ0n) is 15.8. The van der Waals surface area contributed by atoms with Gasteiger partial charge in [-0.25, -0.2) is 0 Å². The molecule has 0 heterocycles. The zero-order valence-corrected chi connectivity index (χ0v) is 16.8. The molecule has 0 aliphatic heterocycles. The van der Waals surface area contributed by atoms with Crippen LogP contribution < -0.4 is 0 Å². The molecule has 0 saturated heterocycles. The van der Waals surface area contributed by atoms with E-state index in [0.717, 1.165) is 24.9 Å². The van der Waals surface area contributed by atoms with Gasteiger partial charge in [0.1, 0.15) is 0 Å². The van der Waals surface area contributed by atoms with Gasteiger partial charge in [-0.15, -0.1) is 0 Å². The van der Waals surface area contributed by atoms with E-state index in [1.54, 1.807) is 12.5 Å². The molecule has 0 radical (unpaired) electrons. The van der Waals surface area contributed by atoms with Gasteiger partial charge in [-0.1, -0.05) is 12.2 Å². The lowest BCUT2D eigenvalue weighted by atomic mass is 10.3. The van der Waals surface area contributed by atoms with Crippen molar-refractivity contribution in [1.82, 2.24) is 0 Å². The van der Waals surface area contributed by atoms with E-state index in [2.05, 4.69) is 13.8 Å². The molecule has 0 rings (SSSR count). The third-order valence-electron chi connectivity index (χ3n) is 3.57. The fourth-order valence-corrected chi connectivity index (χ4v) is 6.04. The highest BCUT2D eigenvalue weighted by atomic mass is 28.4. The third kappa shape index (κ3) is 10.6. The average Bonchev–Trinajstić information content (AvgIpc) is 2.54. The average molecular weight is 345 g/mol. The first-order valence-corrected chi connectivity index (χ1v) is 11.1. The van der Waals surface area contributed by atoms with Crippen LogP contribution in [0.2, 0.25) is 12.1 Å². The second-order valence-corrected chi connectivity index (χ2v) is 9.09. The standard InChI is InChI=1S/C18H36O4Si/c1-7-13-19-17(5)11-15-23(21-9-3,22-10-4)16-12-18(6)20-14-8-2/h7-8,13-14,17-18H,9-12,15-16H2,1-6H3. The van der Waals surface area contributed by atoms with Crippen LogP contribution in [0.25, 0.3) is 0 Å². The van der Waals surface area contributed by atoms with Crippen LogP contribution in [-0.2, 0) is 18.3 Å². The van der Waals surface area contributed by atoms with Gasteiger partial charge in [0, 0.05) is 13.2 Å². The van der Waals surface area contributed by atoms with Crippen molar-refractivity contribution < 1.29 is 18.3 Å². The topological polar surface area (TPSA) is 36.9 Å². The highest BCUT2D eigenvalue weighted by Gasteiger charge is 2.37. The molecule has 5 heteroatoms. The predicted molar refractivity (Wildman–Crippen MR) is 98.6 cm³/mol. The maximum absolute atomic E-state index is 6.15. The summed E-state index contributed by atoms with van der Waals surface area (Å²) >= 11 is 0. The molecule has 0 aromatic rings. The normalized spacial score (nSPS) is 15.2. The smallest absolute Gasteiger partial charge is 0.338 e. The SMILES string of the molecule is CC=COC(C)CC[Si](CCC(C)OC=CC)(OCC)OCC. The van der Waals surface area contributed by atoms with E-state index in [-0.39, 0.29) is 12.2 Å². The van der Waals surface area contributed by atoms with Crippen molar-refractivity contribution in [1.29, 1.82) is 0 Å². The molecule has 23 heavy (non-hydrogen) atoms. The van der Waals surface area contributed by atoms with Crippen LogP contribution in [0.4, 0.5) is 0 Å². The van der Waals surface area contributed by atoms with Crippen LogP contribution >= 0.6 is 0 Å². The van der Waals surface area contributed by atoms with Gasteiger partial charge in [0.2, 0.25) is 0 Å². The maximum atomic E-state index is 6.15. The summed E-state index contributed by atoms with van der Waals surface area (Å²) in [6.07, 6.45) is 9.57. The molecule has 0 aromatic carbocycles. The van der Waals surface area contributed by atoms with Gasteiger partial charge in [-0.2, -0.15) is 0 Å². The molecule has 0 amide bonds. The van der Waals surface area contributed by atoms with Crippen LogP contribution in [0.15, 0.2) is 24.7 Å². The molecule has 0 spiro atoms. The number of rotatable bonds is 14. The van der Waals surface area contributed by atoms with E-state index in [1.807, 2.05) is 39.8 Å². The number of hydrogen-bond acceptors (Lipinski definition) is 4. The van der Waals surface area contributed by atoms with E-state index in [9.17, 15) is 0 Å². The molecule has 2 unspecified atom stereocenters. The Bertz CT molecular complexity index is 299. The van der Waals surface area contributed by atoms with Gasteiger partial charge in [0.05, 0.1) is 24.7 Å². The fraction of sp³-hybridized carbons (Fsp3) is 0.778. The molecule has 0 aliphatic carbocycles. The summed E-state index contributed by atoms with van der Waals surface area (Å²) in [5.41, 5.74) is 0. The Morgan fingerprint density at radius 1 is 0.783 bits per heavy atom. The molecule has 4 nitrogen and oxygen atoms in total. The Morgan fingerprint density at radius 2 is 1.17 bits per heavy atom. The molecule has 2 atom stereocenters. The van der Waals surface area contributed by atoms with Crippen LogP contribution in [0.5, 0.6) is 0 Å².